The van der Waals surface area contributed by atoms with Crippen LogP contribution in [0.25, 0.3) is 0 Å². The van der Waals surface area contributed by atoms with Gasteiger partial charge in [0.15, 0.2) is 0 Å². The van der Waals surface area contributed by atoms with Crippen LogP contribution < -0.4 is 0 Å². The zero-order valence-corrected chi connectivity index (χ0v) is 13.8. The van der Waals surface area contributed by atoms with Gasteiger partial charge in [0.2, 0.25) is 0 Å². The lowest BCUT2D eigenvalue weighted by Crippen LogP contribution is -2.42. The van der Waals surface area contributed by atoms with Crippen LogP contribution in [0, 0.1) is 0 Å². The zero-order chi connectivity index (χ0) is 16.0. The quantitative estimate of drug-likeness (QED) is 0.748. The summed E-state index contributed by atoms with van der Waals surface area (Å²) in [6.07, 6.45) is 8.31. The van der Waals surface area contributed by atoms with E-state index in [-0.39, 0.29) is 12.2 Å². The van der Waals surface area contributed by atoms with E-state index in [4.69, 9.17) is 9.15 Å². The summed E-state index contributed by atoms with van der Waals surface area (Å²) in [6.45, 7) is 4.02. The molecule has 1 aliphatic rings. The molecule has 1 fully saturated rings. The molecule has 0 bridgehead atoms. The van der Waals surface area contributed by atoms with Crippen LogP contribution in [0.3, 0.4) is 0 Å². The number of furan rings is 1. The van der Waals surface area contributed by atoms with Gasteiger partial charge in [-0.25, -0.2) is 0 Å². The summed E-state index contributed by atoms with van der Waals surface area (Å²) in [6, 6.07) is 3.52. The molecule has 126 valence electrons. The van der Waals surface area contributed by atoms with E-state index in [0.717, 1.165) is 25.7 Å². The number of ether oxygens (including phenoxy) is 1. The molecule has 4 atom stereocenters. The summed E-state index contributed by atoms with van der Waals surface area (Å²) in [5.74, 6) is 0.533. The molecule has 1 aromatic heterocycles. The second-order valence-electron chi connectivity index (χ2n) is 6.76. The van der Waals surface area contributed by atoms with Gasteiger partial charge >= 0.3 is 0 Å². The summed E-state index contributed by atoms with van der Waals surface area (Å²) < 4.78 is 11.4. The summed E-state index contributed by atoms with van der Waals surface area (Å²) in [5.41, 5.74) is -0.896. The third-order valence-corrected chi connectivity index (χ3v) is 4.70. The lowest BCUT2D eigenvalue weighted by molar-refractivity contribution is -0.132. The second kappa shape index (κ2) is 8.14. The summed E-state index contributed by atoms with van der Waals surface area (Å²) in [4.78, 5) is 0. The molecule has 2 rings (SSSR count). The first-order valence-corrected chi connectivity index (χ1v) is 8.62. The number of hydrogen-bond acceptors (Lipinski definition) is 4. The van der Waals surface area contributed by atoms with Crippen LogP contribution in [0.2, 0.25) is 0 Å². The van der Waals surface area contributed by atoms with Crippen molar-refractivity contribution in [1.82, 2.24) is 0 Å². The van der Waals surface area contributed by atoms with E-state index in [1.807, 2.05) is 6.92 Å². The van der Waals surface area contributed by atoms with Gasteiger partial charge in [-0.3, -0.25) is 0 Å². The van der Waals surface area contributed by atoms with Crippen molar-refractivity contribution in [2.45, 2.75) is 89.1 Å². The first kappa shape index (κ1) is 17.5. The highest BCUT2D eigenvalue weighted by molar-refractivity contribution is 5.03. The Morgan fingerprint density at radius 2 is 2.23 bits per heavy atom. The summed E-state index contributed by atoms with van der Waals surface area (Å²) in [7, 11) is 0. The average molecular weight is 310 g/mol. The minimum atomic E-state index is -0.896. The first-order chi connectivity index (χ1) is 10.5. The van der Waals surface area contributed by atoms with Crippen molar-refractivity contribution in [2.24, 2.45) is 0 Å². The standard InChI is InChI=1S/C18H30O4/c1-3-4-5-8-14-9-6-11-18(2,20)17(22-14)13-15(19)16-10-7-12-21-16/h7,10,12,14-15,17,19-20H,3-6,8-9,11,13H2,1-2H3/t14-,15-,17+,18-/m1/s1. The fourth-order valence-corrected chi connectivity index (χ4v) is 3.24. The molecule has 0 radical (unpaired) electrons. The highest BCUT2D eigenvalue weighted by Crippen LogP contribution is 2.34. The predicted octanol–water partition coefficient (Wildman–Crippen LogP) is 3.97. The van der Waals surface area contributed by atoms with Crippen LogP contribution >= 0.6 is 0 Å². The molecular weight excluding hydrogens is 280 g/mol. The Morgan fingerprint density at radius 3 is 2.91 bits per heavy atom. The summed E-state index contributed by atoms with van der Waals surface area (Å²) in [5, 5.41) is 21.0. The van der Waals surface area contributed by atoms with Crippen LogP contribution in [0.4, 0.5) is 0 Å². The molecule has 0 spiro atoms. The fraction of sp³-hybridized carbons (Fsp3) is 0.778. The molecule has 4 nitrogen and oxygen atoms in total. The van der Waals surface area contributed by atoms with Crippen LogP contribution in [0.5, 0.6) is 0 Å². The van der Waals surface area contributed by atoms with Crippen molar-refractivity contribution >= 4 is 0 Å². The smallest absolute Gasteiger partial charge is 0.132 e. The summed E-state index contributed by atoms with van der Waals surface area (Å²) >= 11 is 0. The van der Waals surface area contributed by atoms with Crippen molar-refractivity contribution < 1.29 is 19.4 Å². The maximum Gasteiger partial charge on any atom is 0.132 e. The maximum atomic E-state index is 10.7. The van der Waals surface area contributed by atoms with Gasteiger partial charge in [-0.1, -0.05) is 26.2 Å². The van der Waals surface area contributed by atoms with E-state index in [9.17, 15) is 10.2 Å². The highest BCUT2D eigenvalue weighted by Gasteiger charge is 2.38. The van der Waals surface area contributed by atoms with Gasteiger partial charge in [-0.2, -0.15) is 0 Å². The molecule has 0 saturated carbocycles. The lowest BCUT2D eigenvalue weighted by Gasteiger charge is -2.33. The number of unbranched alkanes of at least 4 members (excludes halogenated alkanes) is 2. The van der Waals surface area contributed by atoms with Gasteiger partial charge in [0.25, 0.3) is 0 Å². The molecule has 0 aliphatic carbocycles. The maximum absolute atomic E-state index is 10.7. The zero-order valence-electron chi connectivity index (χ0n) is 13.8. The van der Waals surface area contributed by atoms with Gasteiger partial charge in [-0.15, -0.1) is 0 Å². The van der Waals surface area contributed by atoms with Gasteiger partial charge in [0.05, 0.1) is 24.1 Å². The molecule has 0 aromatic carbocycles. The molecule has 2 heterocycles. The number of rotatable bonds is 7. The molecule has 22 heavy (non-hydrogen) atoms. The largest absolute Gasteiger partial charge is 0.467 e. The Hall–Kier alpha value is -0.840. The second-order valence-corrected chi connectivity index (χ2v) is 6.76. The van der Waals surface area contributed by atoms with Crippen molar-refractivity contribution in [3.63, 3.8) is 0 Å². The highest BCUT2D eigenvalue weighted by atomic mass is 16.5. The third-order valence-electron chi connectivity index (χ3n) is 4.70. The fourth-order valence-electron chi connectivity index (χ4n) is 3.24. The van der Waals surface area contributed by atoms with Crippen molar-refractivity contribution in [2.75, 3.05) is 0 Å². The Labute approximate surface area is 133 Å². The topological polar surface area (TPSA) is 62.8 Å². The van der Waals surface area contributed by atoms with Crippen molar-refractivity contribution in [3.8, 4) is 0 Å². The molecule has 0 unspecified atom stereocenters. The minimum absolute atomic E-state index is 0.189. The molecule has 4 heteroatoms. The molecule has 1 aromatic rings. The van der Waals surface area contributed by atoms with Crippen LogP contribution in [-0.2, 0) is 4.74 Å². The number of aliphatic hydroxyl groups is 2. The van der Waals surface area contributed by atoms with Crippen LogP contribution in [-0.4, -0.2) is 28.0 Å². The Balaban J connectivity index is 1.97. The Kier molecular flexibility index (Phi) is 6.48. The van der Waals surface area contributed by atoms with E-state index in [1.54, 1.807) is 18.4 Å². The Morgan fingerprint density at radius 1 is 1.41 bits per heavy atom. The van der Waals surface area contributed by atoms with Crippen molar-refractivity contribution in [3.05, 3.63) is 24.2 Å². The monoisotopic (exact) mass is 310 g/mol. The minimum Gasteiger partial charge on any atom is -0.467 e. The normalized spacial score (nSPS) is 30.9. The first-order valence-electron chi connectivity index (χ1n) is 8.62. The van der Waals surface area contributed by atoms with E-state index >= 15 is 0 Å². The van der Waals surface area contributed by atoms with Gasteiger partial charge in [0, 0.05) is 6.42 Å². The average Bonchev–Trinajstić information content (AvgIpc) is 2.96. The van der Waals surface area contributed by atoms with Gasteiger partial charge in [-0.05, 0) is 44.7 Å². The third kappa shape index (κ3) is 4.83. The molecule has 2 N–H and O–H groups in total. The van der Waals surface area contributed by atoms with E-state index < -0.39 is 11.7 Å². The number of aliphatic hydroxyl groups excluding tert-OH is 1. The molecule has 0 amide bonds. The Bertz CT molecular complexity index is 413. The van der Waals surface area contributed by atoms with Gasteiger partial charge < -0.3 is 19.4 Å². The van der Waals surface area contributed by atoms with Gasteiger partial charge in [0.1, 0.15) is 11.9 Å². The number of hydrogen-bond donors (Lipinski definition) is 2. The van der Waals surface area contributed by atoms with E-state index in [1.165, 1.54) is 12.8 Å². The molecule has 1 saturated heterocycles. The van der Waals surface area contributed by atoms with Crippen LogP contribution in [0.15, 0.2) is 22.8 Å². The van der Waals surface area contributed by atoms with Crippen molar-refractivity contribution in [1.29, 1.82) is 0 Å². The SMILES string of the molecule is CCCCC[C@@H]1CCC[C@@](C)(O)[C@H](C[C@@H](O)c2ccco2)O1. The molecular formula is C18H30O4. The lowest BCUT2D eigenvalue weighted by atomic mass is 9.89. The van der Waals surface area contributed by atoms with E-state index in [2.05, 4.69) is 6.92 Å². The predicted molar refractivity (Wildman–Crippen MR) is 85.6 cm³/mol. The van der Waals surface area contributed by atoms with Crippen LogP contribution in [0.1, 0.15) is 77.1 Å². The van der Waals surface area contributed by atoms with E-state index in [0.29, 0.717) is 18.6 Å². The molecule has 1 aliphatic heterocycles.